The summed E-state index contributed by atoms with van der Waals surface area (Å²) in [6.45, 7) is 8.80. The van der Waals surface area contributed by atoms with Crippen molar-refractivity contribution in [3.05, 3.63) is 46.7 Å². The number of aromatic nitrogens is 2. The van der Waals surface area contributed by atoms with Crippen molar-refractivity contribution in [1.82, 2.24) is 20.2 Å². The van der Waals surface area contributed by atoms with Crippen LogP contribution in [0.5, 0.6) is 0 Å². The minimum Gasteiger partial charge on any atom is -0.346 e. The first-order valence-corrected chi connectivity index (χ1v) is 10.1. The average Bonchev–Trinajstić information content (AvgIpc) is 3.15. The summed E-state index contributed by atoms with van der Waals surface area (Å²) in [6.07, 6.45) is 5.79. The Morgan fingerprint density at radius 1 is 1.27 bits per heavy atom. The molecular formula is C20H28N4OS. The van der Waals surface area contributed by atoms with Gasteiger partial charge in [0.1, 0.15) is 5.01 Å². The fourth-order valence-corrected chi connectivity index (χ4v) is 4.07. The molecule has 2 aromatic rings. The Hall–Kier alpha value is -1.79. The summed E-state index contributed by atoms with van der Waals surface area (Å²) >= 11 is 1.63. The van der Waals surface area contributed by atoms with E-state index in [1.165, 1.54) is 0 Å². The number of nitrogens with one attached hydrogen (secondary N) is 1. The van der Waals surface area contributed by atoms with Crippen LogP contribution in [0.1, 0.15) is 50.4 Å². The van der Waals surface area contributed by atoms with Gasteiger partial charge in [0.25, 0.3) is 0 Å². The monoisotopic (exact) mass is 372 g/mol. The van der Waals surface area contributed by atoms with Crippen molar-refractivity contribution >= 4 is 17.2 Å². The molecule has 0 unspecified atom stereocenters. The number of rotatable bonds is 5. The van der Waals surface area contributed by atoms with E-state index >= 15 is 0 Å². The van der Waals surface area contributed by atoms with Crippen LogP contribution in [0.15, 0.2) is 36.0 Å². The molecule has 0 aliphatic carbocycles. The minimum atomic E-state index is -0.394. The third-order valence-electron chi connectivity index (χ3n) is 4.90. The molecule has 1 fully saturated rings. The van der Waals surface area contributed by atoms with Gasteiger partial charge in [-0.15, -0.1) is 11.3 Å². The first kappa shape index (κ1) is 19.0. The number of carbonyl (C=O) groups is 1. The molecule has 140 valence electrons. The lowest BCUT2D eigenvalue weighted by molar-refractivity contribution is -0.129. The smallest absolute Gasteiger partial charge is 0.225 e. The fraction of sp³-hybridized carbons (Fsp3) is 0.550. The molecular weight excluding hydrogens is 344 g/mol. The molecule has 1 N–H and O–H groups in total. The van der Waals surface area contributed by atoms with Crippen LogP contribution in [0.2, 0.25) is 0 Å². The zero-order valence-corrected chi connectivity index (χ0v) is 16.6. The quantitative estimate of drug-likeness (QED) is 0.870. The predicted octanol–water partition coefficient (Wildman–Crippen LogP) is 3.65. The van der Waals surface area contributed by atoms with Gasteiger partial charge in [0.2, 0.25) is 5.91 Å². The van der Waals surface area contributed by atoms with Crippen LogP contribution in [-0.2, 0) is 11.3 Å². The second kappa shape index (κ2) is 8.27. The number of pyridine rings is 1. The van der Waals surface area contributed by atoms with E-state index in [2.05, 4.69) is 26.3 Å². The van der Waals surface area contributed by atoms with E-state index in [4.69, 9.17) is 0 Å². The molecule has 5 nitrogen and oxygen atoms in total. The molecule has 1 atom stereocenters. The summed E-state index contributed by atoms with van der Waals surface area (Å²) in [6, 6.07) is 6.08. The lowest BCUT2D eigenvalue weighted by atomic mass is 9.87. The van der Waals surface area contributed by atoms with Crippen molar-refractivity contribution in [3.63, 3.8) is 0 Å². The van der Waals surface area contributed by atoms with Crippen LogP contribution in [-0.4, -0.2) is 33.9 Å². The number of hydrogen-bond donors (Lipinski definition) is 1. The number of thiazole rings is 1. The van der Waals surface area contributed by atoms with Crippen molar-refractivity contribution in [2.24, 2.45) is 11.3 Å². The molecule has 0 saturated carbocycles. The van der Waals surface area contributed by atoms with E-state index in [1.54, 1.807) is 11.3 Å². The van der Waals surface area contributed by atoms with Crippen LogP contribution in [0.4, 0.5) is 0 Å². The molecule has 3 rings (SSSR count). The van der Waals surface area contributed by atoms with Crippen LogP contribution in [0, 0.1) is 11.3 Å². The van der Waals surface area contributed by atoms with Gasteiger partial charge in [-0.05, 0) is 44.0 Å². The molecule has 0 radical (unpaired) electrons. The standard InChI is InChI=1S/C20H28N4OS/c1-20(2,3)19(25)23-17(18-22-10-13-26-18)15-7-11-24(12-8-15)14-16-6-4-5-9-21-16/h4-6,9-10,13,15,17H,7-8,11-12,14H2,1-3H3,(H,23,25)/t17-/m0/s1. The first-order chi connectivity index (χ1) is 12.4. The molecule has 0 aromatic carbocycles. The Balaban J connectivity index is 1.63. The molecule has 0 spiro atoms. The highest BCUT2D eigenvalue weighted by Gasteiger charge is 2.33. The second-order valence-corrected chi connectivity index (χ2v) is 8.93. The number of carbonyl (C=O) groups excluding carboxylic acids is 1. The van der Waals surface area contributed by atoms with Crippen molar-refractivity contribution in [2.75, 3.05) is 13.1 Å². The van der Waals surface area contributed by atoms with E-state index in [9.17, 15) is 4.79 Å². The summed E-state index contributed by atoms with van der Waals surface area (Å²) < 4.78 is 0. The maximum absolute atomic E-state index is 12.6. The van der Waals surface area contributed by atoms with Crippen LogP contribution >= 0.6 is 11.3 Å². The van der Waals surface area contributed by atoms with Crippen LogP contribution in [0.3, 0.4) is 0 Å². The molecule has 1 amide bonds. The van der Waals surface area contributed by atoms with Crippen LogP contribution in [0.25, 0.3) is 0 Å². The van der Waals surface area contributed by atoms with Gasteiger partial charge in [-0.1, -0.05) is 26.8 Å². The van der Waals surface area contributed by atoms with Gasteiger partial charge in [-0.3, -0.25) is 14.7 Å². The van der Waals surface area contributed by atoms with Crippen molar-refractivity contribution in [3.8, 4) is 0 Å². The van der Waals surface area contributed by atoms with Gasteiger partial charge in [-0.2, -0.15) is 0 Å². The van der Waals surface area contributed by atoms with E-state index in [0.29, 0.717) is 5.92 Å². The average molecular weight is 373 g/mol. The van der Waals surface area contributed by atoms with Crippen LogP contribution < -0.4 is 5.32 Å². The maximum atomic E-state index is 12.6. The highest BCUT2D eigenvalue weighted by molar-refractivity contribution is 7.09. The Morgan fingerprint density at radius 2 is 2.04 bits per heavy atom. The molecule has 0 bridgehead atoms. The number of nitrogens with zero attached hydrogens (tertiary/aromatic N) is 3. The zero-order chi connectivity index (χ0) is 18.6. The number of amides is 1. The Morgan fingerprint density at radius 3 is 2.62 bits per heavy atom. The Bertz CT molecular complexity index is 688. The Kier molecular flexibility index (Phi) is 6.04. The van der Waals surface area contributed by atoms with E-state index in [1.807, 2.05) is 50.7 Å². The molecule has 2 aromatic heterocycles. The van der Waals surface area contributed by atoms with Gasteiger partial charge < -0.3 is 5.32 Å². The molecule has 1 aliphatic rings. The summed E-state index contributed by atoms with van der Waals surface area (Å²) in [4.78, 5) is 23.9. The van der Waals surface area contributed by atoms with Crippen molar-refractivity contribution in [1.29, 1.82) is 0 Å². The zero-order valence-electron chi connectivity index (χ0n) is 15.8. The lowest BCUT2D eigenvalue weighted by Crippen LogP contribution is -2.43. The minimum absolute atomic E-state index is 0.0127. The largest absolute Gasteiger partial charge is 0.346 e. The summed E-state index contributed by atoms with van der Waals surface area (Å²) in [5.74, 6) is 0.515. The van der Waals surface area contributed by atoms with Gasteiger partial charge >= 0.3 is 0 Å². The predicted molar refractivity (Wildman–Crippen MR) is 105 cm³/mol. The summed E-state index contributed by atoms with van der Waals surface area (Å²) in [5.41, 5.74) is 0.721. The Labute approximate surface area is 159 Å². The molecule has 1 aliphatic heterocycles. The van der Waals surface area contributed by atoms with E-state index in [-0.39, 0.29) is 11.9 Å². The molecule has 6 heteroatoms. The topological polar surface area (TPSA) is 58.1 Å². The summed E-state index contributed by atoms with van der Waals surface area (Å²) in [5, 5.41) is 6.28. The third-order valence-corrected chi connectivity index (χ3v) is 5.76. The highest BCUT2D eigenvalue weighted by atomic mass is 32.1. The normalized spacial score (nSPS) is 17.8. The van der Waals surface area contributed by atoms with Gasteiger partial charge in [-0.25, -0.2) is 4.98 Å². The van der Waals surface area contributed by atoms with Gasteiger partial charge in [0, 0.05) is 29.7 Å². The fourth-order valence-electron chi connectivity index (χ4n) is 3.29. The molecule has 26 heavy (non-hydrogen) atoms. The third kappa shape index (κ3) is 4.89. The van der Waals surface area contributed by atoms with E-state index < -0.39 is 5.41 Å². The number of piperidine rings is 1. The maximum Gasteiger partial charge on any atom is 0.225 e. The van der Waals surface area contributed by atoms with Gasteiger partial charge in [0.05, 0.1) is 11.7 Å². The summed E-state index contributed by atoms with van der Waals surface area (Å²) in [7, 11) is 0. The lowest BCUT2D eigenvalue weighted by Gasteiger charge is -2.36. The first-order valence-electron chi connectivity index (χ1n) is 9.26. The number of hydrogen-bond acceptors (Lipinski definition) is 5. The highest BCUT2D eigenvalue weighted by Crippen LogP contribution is 2.33. The molecule has 3 heterocycles. The van der Waals surface area contributed by atoms with Gasteiger partial charge in [0.15, 0.2) is 0 Å². The number of likely N-dealkylation sites (tertiary alicyclic amines) is 1. The van der Waals surface area contributed by atoms with E-state index in [0.717, 1.165) is 43.2 Å². The second-order valence-electron chi connectivity index (χ2n) is 8.01. The van der Waals surface area contributed by atoms with Crippen molar-refractivity contribution in [2.45, 2.75) is 46.2 Å². The van der Waals surface area contributed by atoms with Crippen molar-refractivity contribution < 1.29 is 4.79 Å². The SMILES string of the molecule is CC(C)(C)C(=O)N[C@H](c1nccs1)C1CCN(Cc2ccccn2)CC1. The molecule has 1 saturated heterocycles.